The summed E-state index contributed by atoms with van der Waals surface area (Å²) in [7, 11) is 2.13. The Labute approximate surface area is 111 Å². The van der Waals surface area contributed by atoms with Crippen molar-refractivity contribution in [1.82, 2.24) is 10.2 Å². The van der Waals surface area contributed by atoms with E-state index >= 15 is 0 Å². The number of hydrogen-bond acceptors (Lipinski definition) is 3. The highest BCUT2D eigenvalue weighted by Crippen LogP contribution is 2.36. The molecular weight excluding hydrogens is 228 g/mol. The minimum Gasteiger partial charge on any atom is -0.317 e. The molecule has 0 saturated carbocycles. The topological polar surface area (TPSA) is 15.3 Å². The molecule has 0 aromatic rings. The van der Waals surface area contributed by atoms with Gasteiger partial charge in [0.2, 0.25) is 0 Å². The van der Waals surface area contributed by atoms with Crippen molar-refractivity contribution < 1.29 is 0 Å². The van der Waals surface area contributed by atoms with Crippen LogP contribution in [0.25, 0.3) is 0 Å². The molecule has 2 bridgehead atoms. The maximum atomic E-state index is 3.50. The fraction of sp³-hybridized carbons (Fsp3) is 1.00. The Morgan fingerprint density at radius 1 is 1.29 bits per heavy atom. The molecule has 3 unspecified atom stereocenters. The van der Waals surface area contributed by atoms with Gasteiger partial charge in [0.15, 0.2) is 0 Å². The van der Waals surface area contributed by atoms with Crippen molar-refractivity contribution in [1.29, 1.82) is 0 Å². The standard InChI is InChI=1S/C14H28N2S/c1-11(7-8-17-3)16-13-5-4-6-14(16)10-12(9-13)15-2/h11-15H,4-10H2,1-3H3. The van der Waals surface area contributed by atoms with Crippen LogP contribution in [0.5, 0.6) is 0 Å². The lowest BCUT2D eigenvalue weighted by atomic mass is 9.80. The van der Waals surface area contributed by atoms with E-state index < -0.39 is 0 Å². The minimum atomic E-state index is 0.773. The zero-order valence-electron chi connectivity index (χ0n) is 11.6. The van der Waals surface area contributed by atoms with Crippen molar-refractivity contribution in [3.05, 3.63) is 0 Å². The maximum Gasteiger partial charge on any atom is 0.0116 e. The quantitative estimate of drug-likeness (QED) is 0.814. The Kier molecular flexibility index (Phi) is 5.19. The first-order valence-corrected chi connectivity index (χ1v) is 8.59. The Morgan fingerprint density at radius 2 is 1.94 bits per heavy atom. The molecular formula is C14H28N2S. The van der Waals surface area contributed by atoms with E-state index in [9.17, 15) is 0 Å². The van der Waals surface area contributed by atoms with Crippen molar-refractivity contribution in [3.8, 4) is 0 Å². The number of nitrogens with one attached hydrogen (secondary N) is 1. The van der Waals surface area contributed by atoms with Gasteiger partial charge < -0.3 is 5.32 Å². The van der Waals surface area contributed by atoms with Crippen LogP contribution in [0.3, 0.4) is 0 Å². The first-order chi connectivity index (χ1) is 8.26. The van der Waals surface area contributed by atoms with Crippen molar-refractivity contribution in [2.75, 3.05) is 19.1 Å². The van der Waals surface area contributed by atoms with Gasteiger partial charge >= 0.3 is 0 Å². The lowest BCUT2D eigenvalue weighted by Gasteiger charge is -2.51. The van der Waals surface area contributed by atoms with Crippen LogP contribution in [0.2, 0.25) is 0 Å². The molecule has 2 rings (SSSR count). The van der Waals surface area contributed by atoms with Gasteiger partial charge in [0, 0.05) is 24.2 Å². The number of piperidine rings is 2. The van der Waals surface area contributed by atoms with Crippen LogP contribution in [-0.4, -0.2) is 48.1 Å². The Hall–Kier alpha value is 0.270. The summed E-state index contributed by atoms with van der Waals surface area (Å²) in [5.41, 5.74) is 0. The summed E-state index contributed by atoms with van der Waals surface area (Å²) in [6, 6.07) is 3.28. The lowest BCUT2D eigenvalue weighted by molar-refractivity contribution is -0.00488. The molecule has 0 radical (unpaired) electrons. The zero-order valence-corrected chi connectivity index (χ0v) is 12.4. The molecule has 0 aromatic carbocycles. The average molecular weight is 256 g/mol. The van der Waals surface area contributed by atoms with Crippen molar-refractivity contribution in [2.45, 2.75) is 69.6 Å². The van der Waals surface area contributed by atoms with Gasteiger partial charge in [-0.2, -0.15) is 11.8 Å². The normalized spacial score (nSPS) is 35.8. The molecule has 0 aliphatic carbocycles. The summed E-state index contributed by atoms with van der Waals surface area (Å²) < 4.78 is 0. The van der Waals surface area contributed by atoms with Gasteiger partial charge in [-0.1, -0.05) is 6.42 Å². The molecule has 2 saturated heterocycles. The fourth-order valence-corrected chi connectivity index (χ4v) is 4.39. The molecule has 17 heavy (non-hydrogen) atoms. The second-order valence-electron chi connectivity index (χ2n) is 5.77. The molecule has 0 spiro atoms. The van der Waals surface area contributed by atoms with E-state index in [0.717, 1.165) is 24.2 Å². The number of thioether (sulfide) groups is 1. The summed E-state index contributed by atoms with van der Waals surface area (Å²) in [6.45, 7) is 2.45. The molecule has 2 heterocycles. The van der Waals surface area contributed by atoms with Crippen LogP contribution < -0.4 is 5.32 Å². The SMILES string of the molecule is CNC1CC2CCCC(C1)N2C(C)CCSC. The second kappa shape index (κ2) is 6.44. The number of nitrogens with zero attached hydrogens (tertiary/aromatic N) is 1. The molecule has 0 aromatic heterocycles. The van der Waals surface area contributed by atoms with Crippen molar-refractivity contribution in [2.24, 2.45) is 0 Å². The van der Waals surface area contributed by atoms with Gasteiger partial charge in [-0.05, 0) is 58.1 Å². The molecule has 3 heteroatoms. The van der Waals surface area contributed by atoms with E-state index in [4.69, 9.17) is 0 Å². The molecule has 0 amide bonds. The summed E-state index contributed by atoms with van der Waals surface area (Å²) in [5, 5.41) is 3.50. The molecule has 2 nitrogen and oxygen atoms in total. The molecule has 2 fully saturated rings. The monoisotopic (exact) mass is 256 g/mol. The van der Waals surface area contributed by atoms with Crippen LogP contribution in [0.4, 0.5) is 0 Å². The van der Waals surface area contributed by atoms with Gasteiger partial charge in [0.05, 0.1) is 0 Å². The molecule has 2 aliphatic rings. The highest BCUT2D eigenvalue weighted by Gasteiger charge is 2.39. The van der Waals surface area contributed by atoms with E-state index in [1.165, 1.54) is 44.3 Å². The zero-order chi connectivity index (χ0) is 12.3. The summed E-state index contributed by atoms with van der Waals surface area (Å²) in [6.07, 6.45) is 10.6. The predicted octanol–water partition coefficient (Wildman–Crippen LogP) is 2.73. The van der Waals surface area contributed by atoms with E-state index in [1.54, 1.807) is 0 Å². The maximum absolute atomic E-state index is 3.50. The molecule has 1 N–H and O–H groups in total. The first-order valence-electron chi connectivity index (χ1n) is 7.20. The Morgan fingerprint density at radius 3 is 2.47 bits per heavy atom. The summed E-state index contributed by atoms with van der Waals surface area (Å²) in [4.78, 5) is 2.87. The van der Waals surface area contributed by atoms with Gasteiger partial charge in [-0.25, -0.2) is 0 Å². The molecule has 3 atom stereocenters. The van der Waals surface area contributed by atoms with Gasteiger partial charge in [0.1, 0.15) is 0 Å². The van der Waals surface area contributed by atoms with Gasteiger partial charge in [0.25, 0.3) is 0 Å². The Balaban J connectivity index is 1.97. The van der Waals surface area contributed by atoms with Crippen molar-refractivity contribution in [3.63, 3.8) is 0 Å². The third-order valence-electron chi connectivity index (χ3n) is 4.69. The smallest absolute Gasteiger partial charge is 0.0116 e. The number of fused-ring (bicyclic) bond motifs is 2. The Bertz CT molecular complexity index is 220. The van der Waals surface area contributed by atoms with Crippen LogP contribution in [0.15, 0.2) is 0 Å². The number of hydrogen-bond donors (Lipinski definition) is 1. The van der Waals surface area contributed by atoms with Crippen molar-refractivity contribution >= 4 is 11.8 Å². The lowest BCUT2D eigenvalue weighted by Crippen LogP contribution is -2.58. The third-order valence-corrected chi connectivity index (χ3v) is 5.33. The van der Waals surface area contributed by atoms with Gasteiger partial charge in [-0.15, -0.1) is 0 Å². The third kappa shape index (κ3) is 3.18. The molecule has 100 valence electrons. The van der Waals surface area contributed by atoms with Crippen LogP contribution in [0.1, 0.15) is 45.4 Å². The summed E-state index contributed by atoms with van der Waals surface area (Å²) in [5.74, 6) is 1.31. The molecule has 2 aliphatic heterocycles. The van der Waals surface area contributed by atoms with Crippen LogP contribution in [-0.2, 0) is 0 Å². The predicted molar refractivity (Wildman–Crippen MR) is 77.8 cm³/mol. The largest absolute Gasteiger partial charge is 0.317 e. The fourth-order valence-electron chi connectivity index (χ4n) is 3.81. The highest BCUT2D eigenvalue weighted by atomic mass is 32.2. The van der Waals surface area contributed by atoms with E-state index in [2.05, 4.69) is 30.4 Å². The van der Waals surface area contributed by atoms with E-state index in [1.807, 2.05) is 11.8 Å². The number of rotatable bonds is 5. The summed E-state index contributed by atoms with van der Waals surface area (Å²) >= 11 is 1.99. The minimum absolute atomic E-state index is 0.773. The first kappa shape index (κ1) is 13.7. The van der Waals surface area contributed by atoms with E-state index in [0.29, 0.717) is 0 Å². The average Bonchev–Trinajstić information content (AvgIpc) is 2.34. The van der Waals surface area contributed by atoms with E-state index in [-0.39, 0.29) is 0 Å². The van der Waals surface area contributed by atoms with Gasteiger partial charge in [-0.3, -0.25) is 4.90 Å². The van der Waals surface area contributed by atoms with Crippen LogP contribution in [0, 0.1) is 0 Å². The highest BCUT2D eigenvalue weighted by molar-refractivity contribution is 7.98. The van der Waals surface area contributed by atoms with Crippen LogP contribution >= 0.6 is 11.8 Å². The second-order valence-corrected chi connectivity index (χ2v) is 6.76.